The van der Waals surface area contributed by atoms with Gasteiger partial charge >= 0.3 is 0 Å². The average Bonchev–Trinajstić information content (AvgIpc) is 3.36. The van der Waals surface area contributed by atoms with Gasteiger partial charge in [-0.15, -0.1) is 10.2 Å². The summed E-state index contributed by atoms with van der Waals surface area (Å²) in [5.41, 5.74) is 9.15. The largest absolute Gasteiger partial charge is 0.497 e. The van der Waals surface area contributed by atoms with Crippen molar-refractivity contribution in [2.45, 2.75) is 59.0 Å². The topological polar surface area (TPSA) is 120 Å². The van der Waals surface area contributed by atoms with Crippen molar-refractivity contribution in [3.05, 3.63) is 58.9 Å². The molecule has 2 aliphatic rings. The molecule has 1 aromatic heterocycles. The molecule has 0 radical (unpaired) electrons. The minimum atomic E-state index is -0.252. The molecule has 1 saturated carbocycles. The van der Waals surface area contributed by atoms with Crippen LogP contribution in [0.2, 0.25) is 0 Å². The summed E-state index contributed by atoms with van der Waals surface area (Å²) >= 11 is 0. The number of amides is 2. The number of carbonyl (C=O) groups excluding carboxylic acids is 2. The van der Waals surface area contributed by atoms with Crippen LogP contribution in [0.4, 0.5) is 0 Å². The first-order chi connectivity index (χ1) is 17.8. The predicted octanol–water partition coefficient (Wildman–Crippen LogP) is 2.65. The second-order valence-electron chi connectivity index (χ2n) is 10.1. The number of rotatable bonds is 9. The Balaban J connectivity index is 1.29. The van der Waals surface area contributed by atoms with Gasteiger partial charge in [-0.2, -0.15) is 0 Å². The van der Waals surface area contributed by atoms with Crippen molar-refractivity contribution < 1.29 is 14.3 Å². The fourth-order valence-corrected chi connectivity index (χ4v) is 4.60. The molecular formula is C27H37N7O3. The summed E-state index contributed by atoms with van der Waals surface area (Å²) in [7, 11) is 1.62. The van der Waals surface area contributed by atoms with Gasteiger partial charge in [0.1, 0.15) is 11.4 Å². The summed E-state index contributed by atoms with van der Waals surface area (Å²) in [4.78, 5) is 29.2. The Morgan fingerprint density at radius 3 is 2.68 bits per heavy atom. The van der Waals surface area contributed by atoms with Crippen LogP contribution in [0.1, 0.15) is 66.8 Å². The maximum absolute atomic E-state index is 12.8. The molecule has 10 nitrogen and oxygen atoms in total. The van der Waals surface area contributed by atoms with E-state index in [1.165, 1.54) is 0 Å². The Morgan fingerprint density at radius 1 is 1.16 bits per heavy atom. The minimum absolute atomic E-state index is 0.0164. The summed E-state index contributed by atoms with van der Waals surface area (Å²) in [6.07, 6.45) is 4.07. The van der Waals surface area contributed by atoms with Gasteiger partial charge in [-0.25, -0.2) is 10.5 Å². The summed E-state index contributed by atoms with van der Waals surface area (Å²) in [6.45, 7) is 6.87. The van der Waals surface area contributed by atoms with Crippen LogP contribution in [-0.4, -0.2) is 47.4 Å². The zero-order chi connectivity index (χ0) is 26.4. The van der Waals surface area contributed by atoms with E-state index < -0.39 is 0 Å². The molecule has 37 heavy (non-hydrogen) atoms. The Morgan fingerprint density at radius 2 is 1.95 bits per heavy atom. The number of methoxy groups -OCH3 is 1. The smallest absolute Gasteiger partial charge is 0.270 e. The van der Waals surface area contributed by atoms with Crippen LogP contribution in [-0.2, 0) is 11.3 Å². The van der Waals surface area contributed by atoms with Crippen LogP contribution in [0.15, 0.2) is 41.5 Å². The zero-order valence-electron chi connectivity index (χ0n) is 22.0. The van der Waals surface area contributed by atoms with Gasteiger partial charge in [-0.05, 0) is 68.4 Å². The van der Waals surface area contributed by atoms with Gasteiger partial charge in [0.2, 0.25) is 5.91 Å². The monoisotopic (exact) mass is 507 g/mol. The van der Waals surface area contributed by atoms with E-state index >= 15 is 0 Å². The number of hydrogen-bond donors (Lipinski definition) is 4. The lowest BCUT2D eigenvalue weighted by Crippen LogP contribution is -2.46. The average molecular weight is 508 g/mol. The molecule has 1 aliphatic carbocycles. The number of amidine groups is 1. The lowest BCUT2D eigenvalue weighted by atomic mass is 9.86. The molecule has 4 N–H and O–H groups in total. The molecule has 1 aliphatic heterocycles. The second-order valence-corrected chi connectivity index (χ2v) is 10.1. The Hall–Kier alpha value is -3.66. The maximum Gasteiger partial charge on any atom is 0.270 e. The molecule has 0 saturated heterocycles. The normalized spacial score (nSPS) is 19.5. The molecule has 0 spiro atoms. The standard InChI is InChI=1S/C27H37N7O3/c1-17(2)26(35)30-22-10-8-19(9-11-22)16-34-32-25(31-33-34)21-12-18(3)29-24(14-21)27(36)28-15-20-6-5-7-23(13-20)37-4/h5-7,12-14,17,19,22,33H,8-11,15-16H2,1-4H3,(H,28,36)(H,30,35)(H,31,32). The van der Waals surface area contributed by atoms with E-state index in [1.54, 1.807) is 13.2 Å². The number of pyridine rings is 1. The van der Waals surface area contributed by atoms with Crippen LogP contribution in [0.25, 0.3) is 0 Å². The van der Waals surface area contributed by atoms with Crippen molar-refractivity contribution in [2.24, 2.45) is 16.9 Å². The Labute approximate surface area is 218 Å². The van der Waals surface area contributed by atoms with Crippen LogP contribution < -0.4 is 26.3 Å². The molecule has 0 unspecified atom stereocenters. The van der Waals surface area contributed by atoms with E-state index in [9.17, 15) is 9.59 Å². The molecule has 198 valence electrons. The van der Waals surface area contributed by atoms with Crippen LogP contribution in [0, 0.1) is 18.8 Å². The maximum atomic E-state index is 12.8. The van der Waals surface area contributed by atoms with Gasteiger partial charge in [0, 0.05) is 36.3 Å². The lowest BCUT2D eigenvalue weighted by Gasteiger charge is -2.31. The minimum Gasteiger partial charge on any atom is -0.497 e. The number of nitrogens with one attached hydrogen (secondary N) is 4. The first kappa shape index (κ1) is 26.4. The van der Waals surface area contributed by atoms with Crippen LogP contribution in [0.3, 0.4) is 0 Å². The van der Waals surface area contributed by atoms with Crippen molar-refractivity contribution in [1.82, 2.24) is 31.7 Å². The highest BCUT2D eigenvalue weighted by molar-refractivity contribution is 6.01. The molecule has 4 rings (SSSR count). The number of nitrogens with zero attached hydrogens (tertiary/aromatic N) is 3. The van der Waals surface area contributed by atoms with E-state index in [0.29, 0.717) is 24.0 Å². The van der Waals surface area contributed by atoms with E-state index in [1.807, 2.05) is 56.2 Å². The van der Waals surface area contributed by atoms with Gasteiger partial charge in [0.25, 0.3) is 5.91 Å². The zero-order valence-corrected chi connectivity index (χ0v) is 22.0. The molecular weight excluding hydrogens is 470 g/mol. The summed E-state index contributed by atoms with van der Waals surface area (Å²) in [5.74, 6) is 1.78. The number of hydrazine groups is 2. The highest BCUT2D eigenvalue weighted by Crippen LogP contribution is 2.25. The molecule has 10 heteroatoms. The quantitative estimate of drug-likeness (QED) is 0.412. The summed E-state index contributed by atoms with van der Waals surface area (Å²) < 4.78 is 5.25. The lowest BCUT2D eigenvalue weighted by molar-refractivity contribution is -0.125. The van der Waals surface area contributed by atoms with Crippen molar-refractivity contribution in [3.63, 3.8) is 0 Å². The third kappa shape index (κ3) is 7.19. The number of aryl methyl sites for hydroxylation is 1. The number of hydrogen-bond acceptors (Lipinski definition) is 8. The number of carbonyl (C=O) groups is 2. The van der Waals surface area contributed by atoms with Gasteiger partial charge in [-0.3, -0.25) is 15.0 Å². The first-order valence-electron chi connectivity index (χ1n) is 12.9. The Kier molecular flexibility index (Phi) is 8.60. The van der Waals surface area contributed by atoms with E-state index in [4.69, 9.17) is 4.74 Å². The van der Waals surface area contributed by atoms with Crippen LogP contribution in [0.5, 0.6) is 5.75 Å². The van der Waals surface area contributed by atoms with E-state index in [2.05, 4.69) is 31.7 Å². The number of benzene rings is 1. The van der Waals surface area contributed by atoms with Gasteiger partial charge in [-0.1, -0.05) is 26.0 Å². The van der Waals surface area contributed by atoms with Gasteiger partial charge < -0.3 is 15.4 Å². The molecule has 2 aromatic rings. The fourth-order valence-electron chi connectivity index (χ4n) is 4.60. The molecule has 1 fully saturated rings. The molecule has 1 aromatic carbocycles. The van der Waals surface area contributed by atoms with E-state index in [0.717, 1.165) is 54.8 Å². The SMILES string of the molecule is COc1cccc(CNC(=O)c2cc(C3=NNN(CC4CCC(NC(=O)C(C)C)CC4)N3)cc(C)n2)c1. The number of aromatic nitrogens is 1. The highest BCUT2D eigenvalue weighted by atomic mass is 16.5. The third-order valence-corrected chi connectivity index (χ3v) is 6.73. The molecule has 0 atom stereocenters. The van der Waals surface area contributed by atoms with Crippen molar-refractivity contribution in [3.8, 4) is 5.75 Å². The van der Waals surface area contributed by atoms with Crippen molar-refractivity contribution in [1.29, 1.82) is 0 Å². The second kappa shape index (κ2) is 12.1. The summed E-state index contributed by atoms with van der Waals surface area (Å²) in [6, 6.07) is 11.5. The third-order valence-electron chi connectivity index (χ3n) is 6.73. The summed E-state index contributed by atoms with van der Waals surface area (Å²) in [5, 5.41) is 12.4. The van der Waals surface area contributed by atoms with Crippen molar-refractivity contribution in [2.75, 3.05) is 13.7 Å². The number of ether oxygens (including phenoxy) is 1. The molecule has 2 amide bonds. The fraction of sp³-hybridized carbons (Fsp3) is 0.481. The van der Waals surface area contributed by atoms with Crippen molar-refractivity contribution >= 4 is 17.6 Å². The van der Waals surface area contributed by atoms with Gasteiger partial charge in [0.15, 0.2) is 5.84 Å². The predicted molar refractivity (Wildman–Crippen MR) is 141 cm³/mol. The highest BCUT2D eigenvalue weighted by Gasteiger charge is 2.27. The first-order valence-corrected chi connectivity index (χ1v) is 12.9. The molecule has 0 bridgehead atoms. The number of hydrazone groups is 1. The van der Waals surface area contributed by atoms with Crippen LogP contribution >= 0.6 is 0 Å². The van der Waals surface area contributed by atoms with E-state index in [-0.39, 0.29) is 23.8 Å². The Bertz CT molecular complexity index is 1140. The molecule has 2 heterocycles. The van der Waals surface area contributed by atoms with Gasteiger partial charge in [0.05, 0.1) is 7.11 Å².